The number of aliphatic carboxylic acids is 1. The molecular weight excluding hydrogens is 262 g/mol. The van der Waals surface area contributed by atoms with Crippen LogP contribution in [0.1, 0.15) is 58.8 Å². The SMILES string of the molecule is CCCCCC(=O)CC(=O)NC(C[C@H](O)CC)C(=O)O. The summed E-state index contributed by atoms with van der Waals surface area (Å²) in [5.74, 6) is -1.98. The fraction of sp³-hybridized carbons (Fsp3) is 0.786. The van der Waals surface area contributed by atoms with Crippen LogP contribution < -0.4 is 5.32 Å². The van der Waals surface area contributed by atoms with Gasteiger partial charge in [-0.3, -0.25) is 9.59 Å². The first-order chi connectivity index (χ1) is 9.40. The molecule has 1 unspecified atom stereocenters. The Labute approximate surface area is 119 Å². The molecular formula is C14H25NO5. The van der Waals surface area contributed by atoms with Gasteiger partial charge in [-0.2, -0.15) is 0 Å². The zero-order chi connectivity index (χ0) is 15.5. The first-order valence-corrected chi connectivity index (χ1v) is 7.12. The molecule has 0 saturated heterocycles. The fourth-order valence-corrected chi connectivity index (χ4v) is 1.75. The lowest BCUT2D eigenvalue weighted by atomic mass is 10.1. The first-order valence-electron chi connectivity index (χ1n) is 7.12. The summed E-state index contributed by atoms with van der Waals surface area (Å²) >= 11 is 0. The summed E-state index contributed by atoms with van der Waals surface area (Å²) in [6.07, 6.45) is 2.31. The third-order valence-corrected chi connectivity index (χ3v) is 3.03. The van der Waals surface area contributed by atoms with E-state index < -0.39 is 24.0 Å². The van der Waals surface area contributed by atoms with Crippen LogP contribution in [0.5, 0.6) is 0 Å². The van der Waals surface area contributed by atoms with Gasteiger partial charge in [-0.1, -0.05) is 26.7 Å². The molecule has 0 spiro atoms. The van der Waals surface area contributed by atoms with E-state index in [9.17, 15) is 19.5 Å². The first kappa shape index (κ1) is 18.6. The highest BCUT2D eigenvalue weighted by Crippen LogP contribution is 2.05. The summed E-state index contributed by atoms with van der Waals surface area (Å²) in [5.41, 5.74) is 0. The maximum atomic E-state index is 11.6. The van der Waals surface area contributed by atoms with Crippen molar-refractivity contribution in [2.24, 2.45) is 0 Å². The van der Waals surface area contributed by atoms with Crippen LogP contribution >= 0.6 is 0 Å². The second-order valence-electron chi connectivity index (χ2n) is 4.93. The van der Waals surface area contributed by atoms with E-state index in [1.807, 2.05) is 6.92 Å². The van der Waals surface area contributed by atoms with Crippen LogP contribution in [-0.4, -0.2) is 40.0 Å². The molecule has 0 aliphatic rings. The number of ketones is 1. The van der Waals surface area contributed by atoms with E-state index in [0.29, 0.717) is 12.8 Å². The molecule has 116 valence electrons. The van der Waals surface area contributed by atoms with Crippen LogP contribution in [0.25, 0.3) is 0 Å². The molecule has 6 nitrogen and oxygen atoms in total. The minimum absolute atomic E-state index is 0.0540. The van der Waals surface area contributed by atoms with Gasteiger partial charge < -0.3 is 15.5 Å². The molecule has 0 aliphatic carbocycles. The zero-order valence-corrected chi connectivity index (χ0v) is 12.2. The van der Waals surface area contributed by atoms with E-state index in [0.717, 1.165) is 19.3 Å². The molecule has 20 heavy (non-hydrogen) atoms. The molecule has 2 atom stereocenters. The van der Waals surface area contributed by atoms with Crippen molar-refractivity contribution in [3.63, 3.8) is 0 Å². The molecule has 0 heterocycles. The molecule has 0 radical (unpaired) electrons. The van der Waals surface area contributed by atoms with Gasteiger partial charge in [-0.15, -0.1) is 0 Å². The molecule has 0 saturated carbocycles. The third kappa shape index (κ3) is 8.63. The second kappa shape index (κ2) is 10.4. The summed E-state index contributed by atoms with van der Waals surface area (Å²) in [6.45, 7) is 3.75. The van der Waals surface area contributed by atoms with Gasteiger partial charge in [0, 0.05) is 12.8 Å². The second-order valence-corrected chi connectivity index (χ2v) is 4.93. The lowest BCUT2D eigenvalue weighted by molar-refractivity contribution is -0.143. The van der Waals surface area contributed by atoms with Crippen molar-refractivity contribution in [2.75, 3.05) is 0 Å². The minimum Gasteiger partial charge on any atom is -0.480 e. The van der Waals surface area contributed by atoms with Gasteiger partial charge in [-0.25, -0.2) is 4.79 Å². The van der Waals surface area contributed by atoms with E-state index in [-0.39, 0.29) is 18.6 Å². The van der Waals surface area contributed by atoms with E-state index in [1.165, 1.54) is 0 Å². The lowest BCUT2D eigenvalue weighted by Crippen LogP contribution is -2.43. The highest BCUT2D eigenvalue weighted by Gasteiger charge is 2.23. The molecule has 0 aromatic rings. The maximum Gasteiger partial charge on any atom is 0.326 e. The summed E-state index contributed by atoms with van der Waals surface area (Å²) in [7, 11) is 0. The lowest BCUT2D eigenvalue weighted by Gasteiger charge is -2.17. The average Bonchev–Trinajstić information content (AvgIpc) is 2.37. The van der Waals surface area contributed by atoms with E-state index in [2.05, 4.69) is 5.32 Å². The van der Waals surface area contributed by atoms with Crippen molar-refractivity contribution in [1.82, 2.24) is 5.32 Å². The van der Waals surface area contributed by atoms with E-state index in [4.69, 9.17) is 5.11 Å². The van der Waals surface area contributed by atoms with Crippen molar-refractivity contribution in [1.29, 1.82) is 0 Å². The summed E-state index contributed by atoms with van der Waals surface area (Å²) in [6, 6.07) is -1.15. The standard InChI is InChI=1S/C14H25NO5/c1-3-5-6-7-11(17)9-13(18)15-12(14(19)20)8-10(16)4-2/h10,12,16H,3-9H2,1-2H3,(H,15,18)(H,19,20)/t10-,12?/m1/s1. The topological polar surface area (TPSA) is 104 Å². The average molecular weight is 287 g/mol. The van der Waals surface area contributed by atoms with Crippen LogP contribution in [0.15, 0.2) is 0 Å². The summed E-state index contributed by atoms with van der Waals surface area (Å²) < 4.78 is 0. The highest BCUT2D eigenvalue weighted by molar-refractivity contribution is 5.99. The molecule has 0 aliphatic heterocycles. The molecule has 1 amide bonds. The number of carbonyl (C=O) groups is 3. The summed E-state index contributed by atoms with van der Waals surface area (Å²) in [4.78, 5) is 34.1. The maximum absolute atomic E-state index is 11.6. The number of aliphatic hydroxyl groups is 1. The van der Waals surface area contributed by atoms with Gasteiger partial charge in [0.25, 0.3) is 0 Å². The van der Waals surface area contributed by atoms with Crippen molar-refractivity contribution >= 4 is 17.7 Å². The number of hydrogen-bond donors (Lipinski definition) is 3. The molecule has 6 heteroatoms. The number of rotatable bonds is 11. The van der Waals surface area contributed by atoms with Gasteiger partial charge in [0.05, 0.1) is 12.5 Å². The largest absolute Gasteiger partial charge is 0.480 e. The Morgan fingerprint density at radius 3 is 2.30 bits per heavy atom. The number of aliphatic hydroxyl groups excluding tert-OH is 1. The zero-order valence-electron chi connectivity index (χ0n) is 12.2. The summed E-state index contributed by atoms with van der Waals surface area (Å²) in [5, 5.41) is 20.7. The number of unbranched alkanes of at least 4 members (excludes halogenated alkanes) is 2. The Morgan fingerprint density at radius 2 is 1.80 bits per heavy atom. The van der Waals surface area contributed by atoms with E-state index in [1.54, 1.807) is 6.92 Å². The predicted molar refractivity (Wildman–Crippen MR) is 74.2 cm³/mol. The van der Waals surface area contributed by atoms with Crippen molar-refractivity contribution in [3.8, 4) is 0 Å². The van der Waals surface area contributed by atoms with Gasteiger partial charge in [0.15, 0.2) is 0 Å². The molecule has 0 aromatic heterocycles. The van der Waals surface area contributed by atoms with Gasteiger partial charge in [0.2, 0.25) is 5.91 Å². The predicted octanol–water partition coefficient (Wildman–Crippen LogP) is 1.26. The molecule has 3 N–H and O–H groups in total. The number of Topliss-reactive ketones (excluding diaryl/α,β-unsaturated/α-hetero) is 1. The number of nitrogens with one attached hydrogen (secondary N) is 1. The van der Waals surface area contributed by atoms with Crippen molar-refractivity contribution < 1.29 is 24.6 Å². The third-order valence-electron chi connectivity index (χ3n) is 3.03. The van der Waals surface area contributed by atoms with Crippen molar-refractivity contribution in [2.45, 2.75) is 70.9 Å². The highest BCUT2D eigenvalue weighted by atomic mass is 16.4. The fourth-order valence-electron chi connectivity index (χ4n) is 1.75. The van der Waals surface area contributed by atoms with Gasteiger partial charge >= 0.3 is 5.97 Å². The van der Waals surface area contributed by atoms with Gasteiger partial charge in [0.1, 0.15) is 11.8 Å². The number of carboxylic acid groups (broad SMARTS) is 1. The molecule has 0 rings (SSSR count). The van der Waals surface area contributed by atoms with Crippen LogP contribution in [0.4, 0.5) is 0 Å². The van der Waals surface area contributed by atoms with Crippen LogP contribution in [0.2, 0.25) is 0 Å². The Bertz CT molecular complexity index is 330. The van der Waals surface area contributed by atoms with Crippen LogP contribution in [-0.2, 0) is 14.4 Å². The van der Waals surface area contributed by atoms with Crippen LogP contribution in [0, 0.1) is 0 Å². The molecule has 0 fully saturated rings. The minimum atomic E-state index is -1.20. The van der Waals surface area contributed by atoms with Crippen LogP contribution in [0.3, 0.4) is 0 Å². The smallest absolute Gasteiger partial charge is 0.326 e. The quantitative estimate of drug-likeness (QED) is 0.392. The number of amides is 1. The monoisotopic (exact) mass is 287 g/mol. The Balaban J connectivity index is 4.19. The molecule has 0 aromatic carbocycles. The normalized spacial score (nSPS) is 13.6. The van der Waals surface area contributed by atoms with Crippen molar-refractivity contribution in [3.05, 3.63) is 0 Å². The Hall–Kier alpha value is -1.43. The Morgan fingerprint density at radius 1 is 1.15 bits per heavy atom. The molecule has 0 bridgehead atoms. The Kier molecular flexibility index (Phi) is 9.63. The van der Waals surface area contributed by atoms with E-state index >= 15 is 0 Å². The van der Waals surface area contributed by atoms with Gasteiger partial charge in [-0.05, 0) is 12.8 Å². The number of carbonyl (C=O) groups excluding carboxylic acids is 2. The number of carboxylic acids is 1. The number of hydrogen-bond acceptors (Lipinski definition) is 4.